The maximum Gasteiger partial charge on any atom is 0.303 e. The van der Waals surface area contributed by atoms with Crippen molar-refractivity contribution in [2.75, 3.05) is 13.1 Å². The normalized spacial score (nSPS) is 29.4. The summed E-state index contributed by atoms with van der Waals surface area (Å²) in [5.41, 5.74) is 1.27. The molecule has 1 aromatic rings. The molecule has 3 nitrogen and oxygen atoms in total. The van der Waals surface area contributed by atoms with E-state index < -0.39 is 0 Å². The molecule has 0 spiro atoms. The van der Waals surface area contributed by atoms with Crippen molar-refractivity contribution in [1.29, 1.82) is 0 Å². The highest BCUT2D eigenvalue weighted by Gasteiger charge is 2.43. The van der Waals surface area contributed by atoms with E-state index in [1.165, 1.54) is 18.4 Å². The first-order chi connectivity index (χ1) is 11.6. The van der Waals surface area contributed by atoms with E-state index in [1.54, 1.807) is 6.92 Å². The Morgan fingerprint density at radius 2 is 2.04 bits per heavy atom. The predicted molar refractivity (Wildman–Crippen MR) is 104 cm³/mol. The van der Waals surface area contributed by atoms with Crippen LogP contribution in [-0.4, -0.2) is 35.6 Å². The molecule has 0 saturated carbocycles. The van der Waals surface area contributed by atoms with Gasteiger partial charge in [-0.05, 0) is 43.6 Å². The number of esters is 1. The fourth-order valence-corrected chi connectivity index (χ4v) is 4.66. The molecule has 2 heterocycles. The molecule has 1 aromatic carbocycles. The fourth-order valence-electron chi connectivity index (χ4n) is 4.66. The zero-order valence-corrected chi connectivity index (χ0v) is 16.4. The molecule has 4 heteroatoms. The van der Waals surface area contributed by atoms with Crippen molar-refractivity contribution < 1.29 is 9.53 Å². The number of ether oxygens (including phenoxy) is 1. The summed E-state index contributed by atoms with van der Waals surface area (Å²) in [7, 11) is 0. The van der Waals surface area contributed by atoms with Crippen molar-refractivity contribution >= 4 is 18.4 Å². The minimum atomic E-state index is -0.206. The number of halogens is 1. The Labute approximate surface area is 158 Å². The molecule has 140 valence electrons. The summed E-state index contributed by atoms with van der Waals surface area (Å²) in [6, 6.07) is 11.5. The average molecular weight is 366 g/mol. The maximum absolute atomic E-state index is 11.6. The summed E-state index contributed by atoms with van der Waals surface area (Å²) in [4.78, 5) is 14.3. The van der Waals surface area contributed by atoms with Crippen LogP contribution in [0.4, 0.5) is 0 Å². The van der Waals surface area contributed by atoms with Gasteiger partial charge in [0.05, 0.1) is 0 Å². The number of carbonyl (C=O) groups is 1. The summed E-state index contributed by atoms with van der Waals surface area (Å²) < 4.78 is 5.88. The van der Waals surface area contributed by atoms with Crippen molar-refractivity contribution in [2.45, 2.75) is 76.4 Å². The van der Waals surface area contributed by atoms with Crippen LogP contribution >= 0.6 is 12.4 Å². The second-order valence-corrected chi connectivity index (χ2v) is 7.67. The van der Waals surface area contributed by atoms with Crippen LogP contribution in [0.2, 0.25) is 0 Å². The van der Waals surface area contributed by atoms with Gasteiger partial charge in [-0.25, -0.2) is 0 Å². The van der Waals surface area contributed by atoms with E-state index in [0.717, 1.165) is 45.2 Å². The minimum absolute atomic E-state index is 0. The van der Waals surface area contributed by atoms with Crippen molar-refractivity contribution in [2.24, 2.45) is 0 Å². The molecule has 0 amide bonds. The Kier molecular flexibility index (Phi) is 7.33. The van der Waals surface area contributed by atoms with E-state index in [2.05, 4.69) is 42.2 Å². The van der Waals surface area contributed by atoms with Gasteiger partial charge in [0.15, 0.2) is 0 Å². The molecule has 2 aliphatic heterocycles. The summed E-state index contributed by atoms with van der Waals surface area (Å²) in [5, 5.41) is 0. The molecule has 2 saturated heterocycles. The van der Waals surface area contributed by atoms with Gasteiger partial charge in [0.2, 0.25) is 0 Å². The van der Waals surface area contributed by atoms with Gasteiger partial charge in [-0.2, -0.15) is 0 Å². The Bertz CT molecular complexity index is 550. The van der Waals surface area contributed by atoms with Crippen molar-refractivity contribution in [3.63, 3.8) is 0 Å². The molecule has 0 bridgehead atoms. The van der Waals surface area contributed by atoms with Gasteiger partial charge in [0, 0.05) is 32.5 Å². The van der Waals surface area contributed by atoms with Crippen LogP contribution in [0.25, 0.3) is 0 Å². The third-order valence-electron chi connectivity index (χ3n) is 5.90. The van der Waals surface area contributed by atoms with Crippen LogP contribution in [0.15, 0.2) is 30.3 Å². The molecular weight excluding hydrogens is 334 g/mol. The Hall–Kier alpha value is -1.06. The topological polar surface area (TPSA) is 29.5 Å². The Morgan fingerprint density at radius 1 is 1.28 bits per heavy atom. The molecule has 3 unspecified atom stereocenters. The van der Waals surface area contributed by atoms with Gasteiger partial charge in [-0.1, -0.05) is 43.7 Å². The molecule has 2 aliphatic rings. The quantitative estimate of drug-likeness (QED) is 0.692. The van der Waals surface area contributed by atoms with E-state index in [1.807, 2.05) is 0 Å². The van der Waals surface area contributed by atoms with Crippen LogP contribution in [0.5, 0.6) is 0 Å². The molecule has 3 rings (SSSR count). The smallest absolute Gasteiger partial charge is 0.303 e. The lowest BCUT2D eigenvalue weighted by Gasteiger charge is -2.49. The third kappa shape index (κ3) is 4.98. The van der Waals surface area contributed by atoms with E-state index in [4.69, 9.17) is 4.74 Å². The first kappa shape index (κ1) is 20.3. The highest BCUT2D eigenvalue weighted by Crippen LogP contribution is 2.41. The van der Waals surface area contributed by atoms with E-state index >= 15 is 0 Å². The number of piperidine rings is 2. The zero-order valence-electron chi connectivity index (χ0n) is 15.6. The van der Waals surface area contributed by atoms with Crippen molar-refractivity contribution in [1.82, 2.24) is 4.90 Å². The van der Waals surface area contributed by atoms with Gasteiger partial charge < -0.3 is 4.74 Å². The van der Waals surface area contributed by atoms with Crippen molar-refractivity contribution in [3.05, 3.63) is 35.9 Å². The number of carbonyl (C=O) groups excluding carboxylic acids is 1. The largest absolute Gasteiger partial charge is 0.459 e. The molecular formula is C21H32ClNO2. The SMILES string of the molecule is CCCCC1(OC(C)=O)CCN2CC(c3ccccc3)CCC2C1.Cl. The molecule has 0 N–H and O–H groups in total. The monoisotopic (exact) mass is 365 g/mol. The summed E-state index contributed by atoms with van der Waals surface area (Å²) >= 11 is 0. The lowest BCUT2D eigenvalue weighted by Crippen LogP contribution is -2.54. The second kappa shape index (κ2) is 9.05. The average Bonchev–Trinajstić information content (AvgIpc) is 2.60. The van der Waals surface area contributed by atoms with Crippen LogP contribution < -0.4 is 0 Å². The highest BCUT2D eigenvalue weighted by molar-refractivity contribution is 5.85. The first-order valence-corrected chi connectivity index (χ1v) is 9.60. The minimum Gasteiger partial charge on any atom is -0.459 e. The predicted octanol–water partition coefficient (Wildman–Crippen LogP) is 4.94. The van der Waals surface area contributed by atoms with Gasteiger partial charge >= 0.3 is 5.97 Å². The van der Waals surface area contributed by atoms with E-state index in [9.17, 15) is 4.79 Å². The molecule has 2 fully saturated rings. The van der Waals surface area contributed by atoms with Crippen molar-refractivity contribution in [3.8, 4) is 0 Å². The maximum atomic E-state index is 11.6. The number of hydrogen-bond acceptors (Lipinski definition) is 3. The van der Waals surface area contributed by atoms with Gasteiger partial charge in [0.25, 0.3) is 0 Å². The van der Waals surface area contributed by atoms with Crippen LogP contribution in [-0.2, 0) is 9.53 Å². The Morgan fingerprint density at radius 3 is 2.72 bits per heavy atom. The summed E-state index contributed by atoms with van der Waals surface area (Å²) in [6.45, 7) is 5.98. The van der Waals surface area contributed by atoms with Crippen LogP contribution in [0.1, 0.15) is 70.3 Å². The molecule has 0 aromatic heterocycles. The number of benzene rings is 1. The Balaban J connectivity index is 0.00000225. The fraction of sp³-hybridized carbons (Fsp3) is 0.667. The summed E-state index contributed by atoms with van der Waals surface area (Å²) in [5.74, 6) is 0.539. The number of nitrogens with zero attached hydrogens (tertiary/aromatic N) is 1. The van der Waals surface area contributed by atoms with Gasteiger partial charge in [-0.15, -0.1) is 12.4 Å². The third-order valence-corrected chi connectivity index (χ3v) is 5.90. The lowest BCUT2D eigenvalue weighted by atomic mass is 9.76. The highest BCUT2D eigenvalue weighted by atomic mass is 35.5. The van der Waals surface area contributed by atoms with E-state index in [-0.39, 0.29) is 24.0 Å². The van der Waals surface area contributed by atoms with Gasteiger partial charge in [-0.3, -0.25) is 9.69 Å². The number of rotatable bonds is 5. The van der Waals surface area contributed by atoms with Crippen LogP contribution in [0.3, 0.4) is 0 Å². The summed E-state index contributed by atoms with van der Waals surface area (Å²) in [6.07, 6.45) is 7.80. The number of hydrogen-bond donors (Lipinski definition) is 0. The second-order valence-electron chi connectivity index (χ2n) is 7.67. The van der Waals surface area contributed by atoms with Crippen LogP contribution in [0, 0.1) is 0 Å². The van der Waals surface area contributed by atoms with Gasteiger partial charge in [0.1, 0.15) is 5.60 Å². The molecule has 25 heavy (non-hydrogen) atoms. The lowest BCUT2D eigenvalue weighted by molar-refractivity contribution is -0.167. The van der Waals surface area contributed by atoms with E-state index in [0.29, 0.717) is 12.0 Å². The molecule has 3 atom stereocenters. The number of fused-ring (bicyclic) bond motifs is 1. The first-order valence-electron chi connectivity index (χ1n) is 9.60. The molecule has 0 radical (unpaired) electrons. The number of unbranched alkanes of at least 4 members (excludes halogenated alkanes) is 1. The standard InChI is InChI=1S/C21H31NO2.ClH/c1-3-4-12-21(24-17(2)23)13-14-22-16-19(10-11-20(22)15-21)18-8-6-5-7-9-18;/h5-9,19-20H,3-4,10-16H2,1-2H3;1H. The zero-order chi connectivity index (χ0) is 17.0. The molecule has 0 aliphatic carbocycles.